The van der Waals surface area contributed by atoms with Gasteiger partial charge in [0.05, 0.1) is 25.0 Å². The maximum atomic E-state index is 5.56. The number of aliphatic imine (C=N–C) groups is 1. The third-order valence-electron chi connectivity index (χ3n) is 4.82. The first-order chi connectivity index (χ1) is 13.8. The fraction of sp³-hybridized carbons (Fsp3) is 0.273. The Labute approximate surface area is 165 Å². The Morgan fingerprint density at radius 2 is 2.07 bits per heavy atom. The summed E-state index contributed by atoms with van der Waals surface area (Å²) in [7, 11) is 1.78. The predicted molar refractivity (Wildman–Crippen MR) is 112 cm³/mol. The second-order valence-electron chi connectivity index (χ2n) is 6.75. The summed E-state index contributed by atoms with van der Waals surface area (Å²) in [5.41, 5.74) is 4.77. The summed E-state index contributed by atoms with van der Waals surface area (Å²) in [6.07, 6.45) is 3.81. The molecule has 4 rings (SSSR count). The van der Waals surface area contributed by atoms with Crippen LogP contribution in [0.5, 0.6) is 5.75 Å². The summed E-state index contributed by atoms with van der Waals surface area (Å²) in [5, 5.41) is 6.66. The molecule has 2 heterocycles. The van der Waals surface area contributed by atoms with Crippen molar-refractivity contribution < 1.29 is 4.74 Å². The fourth-order valence-electron chi connectivity index (χ4n) is 3.33. The van der Waals surface area contributed by atoms with Gasteiger partial charge in [-0.3, -0.25) is 4.99 Å². The van der Waals surface area contributed by atoms with E-state index in [1.165, 1.54) is 11.1 Å². The Hall–Kier alpha value is -3.28. The Morgan fingerprint density at radius 3 is 2.93 bits per heavy atom. The molecule has 1 aromatic heterocycles. The van der Waals surface area contributed by atoms with Crippen LogP contribution < -0.4 is 15.4 Å². The molecule has 144 valence electrons. The first kappa shape index (κ1) is 18.1. The Bertz CT molecular complexity index is 949. The molecule has 0 spiro atoms. The smallest absolute Gasteiger partial charge is 0.191 e. The number of hydrogen-bond acceptors (Lipinski definition) is 3. The zero-order chi connectivity index (χ0) is 19.2. The maximum absolute atomic E-state index is 5.56. The number of fused-ring (bicyclic) bond motifs is 1. The summed E-state index contributed by atoms with van der Waals surface area (Å²) in [6.45, 7) is 2.20. The molecule has 0 bridgehead atoms. The van der Waals surface area contributed by atoms with Crippen LogP contribution in [0.15, 0.2) is 59.7 Å². The molecule has 0 aliphatic carbocycles. The third kappa shape index (κ3) is 4.34. The highest BCUT2D eigenvalue weighted by Gasteiger charge is 2.11. The molecule has 0 saturated heterocycles. The topological polar surface area (TPSA) is 74.3 Å². The van der Waals surface area contributed by atoms with Crippen LogP contribution in [0.25, 0.3) is 11.3 Å². The molecular weight excluding hydrogens is 350 g/mol. The van der Waals surface area contributed by atoms with Crippen LogP contribution >= 0.6 is 0 Å². The van der Waals surface area contributed by atoms with Crippen molar-refractivity contribution in [3.63, 3.8) is 0 Å². The van der Waals surface area contributed by atoms with Crippen molar-refractivity contribution in [2.75, 3.05) is 20.2 Å². The van der Waals surface area contributed by atoms with E-state index in [0.29, 0.717) is 6.54 Å². The lowest BCUT2D eigenvalue weighted by Gasteiger charge is -2.11. The number of nitrogens with zero attached hydrogens (tertiary/aromatic N) is 2. The van der Waals surface area contributed by atoms with Crippen LogP contribution in [0.3, 0.4) is 0 Å². The standard InChI is InChI=1S/C22H25N5O/c1-23-22(24-11-9-16-7-8-20-18(13-16)10-12-28-20)26-15-21-25-14-19(27-21)17-5-3-2-4-6-17/h2-8,13-14H,9-12,15H2,1H3,(H,25,27)(H2,23,24,26). The second kappa shape index (κ2) is 8.61. The third-order valence-corrected chi connectivity index (χ3v) is 4.82. The minimum Gasteiger partial charge on any atom is -0.493 e. The minimum atomic E-state index is 0.586. The lowest BCUT2D eigenvalue weighted by molar-refractivity contribution is 0.357. The number of aromatic amines is 1. The number of rotatable bonds is 6. The molecule has 0 fully saturated rings. The average molecular weight is 375 g/mol. The van der Waals surface area contributed by atoms with Crippen molar-refractivity contribution in [3.05, 3.63) is 71.7 Å². The number of H-pyrrole nitrogens is 1. The van der Waals surface area contributed by atoms with Gasteiger partial charge in [-0.1, -0.05) is 42.5 Å². The van der Waals surface area contributed by atoms with Gasteiger partial charge in [0.2, 0.25) is 0 Å². The van der Waals surface area contributed by atoms with E-state index >= 15 is 0 Å². The molecule has 0 atom stereocenters. The van der Waals surface area contributed by atoms with Crippen LogP contribution in [0, 0.1) is 0 Å². The van der Waals surface area contributed by atoms with Gasteiger partial charge in [-0.15, -0.1) is 0 Å². The number of guanidine groups is 1. The van der Waals surface area contributed by atoms with E-state index in [-0.39, 0.29) is 0 Å². The molecule has 0 unspecified atom stereocenters. The van der Waals surface area contributed by atoms with Gasteiger partial charge in [0.25, 0.3) is 0 Å². The normalized spacial score (nSPS) is 13.1. The van der Waals surface area contributed by atoms with Gasteiger partial charge in [0.15, 0.2) is 5.96 Å². The number of hydrogen-bond donors (Lipinski definition) is 3. The van der Waals surface area contributed by atoms with Gasteiger partial charge in [-0.2, -0.15) is 0 Å². The SMILES string of the molecule is CN=C(NCCc1ccc2c(c1)CCO2)NCc1ncc(-c2ccccc2)[nH]1. The zero-order valence-electron chi connectivity index (χ0n) is 16.0. The number of ether oxygens (including phenoxy) is 1. The van der Waals surface area contributed by atoms with Crippen LogP contribution in [-0.4, -0.2) is 36.1 Å². The van der Waals surface area contributed by atoms with Gasteiger partial charge < -0.3 is 20.4 Å². The average Bonchev–Trinajstić information content (AvgIpc) is 3.40. The quantitative estimate of drug-likeness (QED) is 0.457. The molecule has 1 aliphatic rings. The van der Waals surface area contributed by atoms with Crippen molar-refractivity contribution in [2.24, 2.45) is 4.99 Å². The molecule has 0 radical (unpaired) electrons. The van der Waals surface area contributed by atoms with E-state index in [2.05, 4.69) is 55.9 Å². The molecule has 3 N–H and O–H groups in total. The van der Waals surface area contributed by atoms with Gasteiger partial charge >= 0.3 is 0 Å². The monoisotopic (exact) mass is 375 g/mol. The molecule has 6 nitrogen and oxygen atoms in total. The van der Waals surface area contributed by atoms with Crippen LogP contribution in [0.1, 0.15) is 17.0 Å². The number of imidazole rings is 1. The van der Waals surface area contributed by atoms with E-state index in [1.807, 2.05) is 24.4 Å². The number of benzene rings is 2. The first-order valence-corrected chi connectivity index (χ1v) is 9.60. The summed E-state index contributed by atoms with van der Waals surface area (Å²) < 4.78 is 5.56. The summed E-state index contributed by atoms with van der Waals surface area (Å²) in [6, 6.07) is 16.6. The number of aromatic nitrogens is 2. The lowest BCUT2D eigenvalue weighted by atomic mass is 10.1. The largest absolute Gasteiger partial charge is 0.493 e. The van der Waals surface area contributed by atoms with E-state index in [0.717, 1.165) is 54.8 Å². The second-order valence-corrected chi connectivity index (χ2v) is 6.75. The van der Waals surface area contributed by atoms with E-state index in [4.69, 9.17) is 4.74 Å². The molecule has 28 heavy (non-hydrogen) atoms. The summed E-state index contributed by atoms with van der Waals surface area (Å²) in [5.74, 6) is 2.67. The van der Waals surface area contributed by atoms with Crippen molar-refractivity contribution in [1.82, 2.24) is 20.6 Å². The summed E-state index contributed by atoms with van der Waals surface area (Å²) >= 11 is 0. The molecule has 0 saturated carbocycles. The van der Waals surface area contributed by atoms with Crippen molar-refractivity contribution in [1.29, 1.82) is 0 Å². The summed E-state index contributed by atoms with van der Waals surface area (Å²) in [4.78, 5) is 12.1. The highest BCUT2D eigenvalue weighted by atomic mass is 16.5. The Balaban J connectivity index is 1.26. The molecule has 3 aromatic rings. The molecular formula is C22H25N5O. The molecule has 6 heteroatoms. The van der Waals surface area contributed by atoms with E-state index in [9.17, 15) is 0 Å². The highest BCUT2D eigenvalue weighted by Crippen LogP contribution is 2.25. The number of nitrogens with one attached hydrogen (secondary N) is 3. The van der Waals surface area contributed by atoms with E-state index < -0.39 is 0 Å². The molecule has 0 amide bonds. The van der Waals surface area contributed by atoms with Crippen molar-refractivity contribution in [3.8, 4) is 17.0 Å². The van der Waals surface area contributed by atoms with Crippen LogP contribution in [-0.2, 0) is 19.4 Å². The van der Waals surface area contributed by atoms with Crippen LogP contribution in [0.2, 0.25) is 0 Å². The minimum absolute atomic E-state index is 0.586. The Morgan fingerprint density at radius 1 is 1.18 bits per heavy atom. The molecule has 1 aliphatic heterocycles. The zero-order valence-corrected chi connectivity index (χ0v) is 16.0. The molecule has 2 aromatic carbocycles. The van der Waals surface area contributed by atoms with Crippen molar-refractivity contribution in [2.45, 2.75) is 19.4 Å². The first-order valence-electron chi connectivity index (χ1n) is 9.60. The van der Waals surface area contributed by atoms with Gasteiger partial charge in [-0.25, -0.2) is 4.98 Å². The van der Waals surface area contributed by atoms with Crippen molar-refractivity contribution >= 4 is 5.96 Å². The lowest BCUT2D eigenvalue weighted by Crippen LogP contribution is -2.38. The van der Waals surface area contributed by atoms with Gasteiger partial charge in [-0.05, 0) is 29.2 Å². The van der Waals surface area contributed by atoms with E-state index in [1.54, 1.807) is 7.05 Å². The van der Waals surface area contributed by atoms with Gasteiger partial charge in [0.1, 0.15) is 11.6 Å². The maximum Gasteiger partial charge on any atom is 0.191 e. The van der Waals surface area contributed by atoms with Crippen LogP contribution in [0.4, 0.5) is 0 Å². The highest BCUT2D eigenvalue weighted by molar-refractivity contribution is 5.79. The predicted octanol–water partition coefficient (Wildman–Crippen LogP) is 2.92. The van der Waals surface area contributed by atoms with Gasteiger partial charge in [0, 0.05) is 20.0 Å². The fourth-order valence-corrected chi connectivity index (χ4v) is 3.33. The Kier molecular flexibility index (Phi) is 5.56.